The molecule has 0 aromatic carbocycles. The minimum absolute atomic E-state index is 0.691. The molecule has 1 rings (SSSR count). The summed E-state index contributed by atoms with van der Waals surface area (Å²) in [5.41, 5.74) is -0.630. The summed E-state index contributed by atoms with van der Waals surface area (Å²) in [5.74, 6) is 1.75. The third-order valence-corrected chi connectivity index (χ3v) is 4.29. The van der Waals surface area contributed by atoms with Crippen molar-refractivity contribution in [1.29, 1.82) is 0 Å². The van der Waals surface area contributed by atoms with Crippen molar-refractivity contribution in [2.45, 2.75) is 72.4 Å². The average molecular weight is 308 g/mol. The van der Waals surface area contributed by atoms with Crippen LogP contribution in [0.25, 0.3) is 0 Å². The molecule has 1 atom stereocenters. The maximum Gasteiger partial charge on any atom is 0.131 e. The zero-order valence-electron chi connectivity index (χ0n) is 15.0. The van der Waals surface area contributed by atoms with E-state index in [0.717, 1.165) is 44.1 Å². The van der Waals surface area contributed by atoms with Gasteiger partial charge in [0.2, 0.25) is 0 Å². The highest BCUT2D eigenvalue weighted by atomic mass is 19.1. The molecule has 0 radical (unpaired) electrons. The van der Waals surface area contributed by atoms with Crippen molar-refractivity contribution in [1.82, 2.24) is 4.90 Å². The topological polar surface area (TPSA) is 15.6 Å². The minimum atomic E-state index is -1.32. The Morgan fingerprint density at radius 1 is 1.23 bits per heavy atom. The smallest absolute Gasteiger partial charge is 0.131 e. The molecule has 0 fully saturated rings. The van der Waals surface area contributed by atoms with Crippen LogP contribution in [0.4, 0.5) is 4.39 Å². The predicted octanol–water partition coefficient (Wildman–Crippen LogP) is 5.52. The Labute approximate surface area is 136 Å². The van der Waals surface area contributed by atoms with Crippen LogP contribution in [0.3, 0.4) is 0 Å². The van der Waals surface area contributed by atoms with Gasteiger partial charge in [0.15, 0.2) is 0 Å². The summed E-state index contributed by atoms with van der Waals surface area (Å²) in [6.45, 7) is 12.0. The molecule has 0 bridgehead atoms. The molecule has 1 heterocycles. The number of hydrogen-bond donors (Lipinski definition) is 0. The van der Waals surface area contributed by atoms with Gasteiger partial charge in [-0.15, -0.1) is 0 Å². The molecule has 126 valence electrons. The summed E-state index contributed by atoms with van der Waals surface area (Å²) >= 11 is 0. The van der Waals surface area contributed by atoms with Crippen LogP contribution in [0.15, 0.2) is 28.5 Å². The van der Waals surface area contributed by atoms with Crippen molar-refractivity contribution in [2.75, 3.05) is 13.1 Å². The lowest BCUT2D eigenvalue weighted by molar-refractivity contribution is 0.277. The van der Waals surface area contributed by atoms with Crippen molar-refractivity contribution >= 4 is 6.21 Å². The molecule has 1 aliphatic heterocycles. The number of nitrogens with zero attached hydrogens (tertiary/aromatic N) is 2. The molecule has 0 amide bonds. The highest BCUT2D eigenvalue weighted by Crippen LogP contribution is 2.23. The Bertz CT molecular complexity index is 416. The lowest BCUT2D eigenvalue weighted by atomic mass is 9.99. The Morgan fingerprint density at radius 3 is 2.50 bits per heavy atom. The second kappa shape index (κ2) is 9.12. The summed E-state index contributed by atoms with van der Waals surface area (Å²) in [5, 5.41) is 0. The Hall–Kier alpha value is -1.12. The number of halogens is 1. The molecule has 1 aliphatic rings. The van der Waals surface area contributed by atoms with E-state index in [1.807, 2.05) is 6.08 Å². The van der Waals surface area contributed by atoms with E-state index in [1.54, 1.807) is 20.1 Å². The van der Waals surface area contributed by atoms with Gasteiger partial charge in [0, 0.05) is 24.9 Å². The molecule has 3 heteroatoms. The maximum absolute atomic E-state index is 14.2. The summed E-state index contributed by atoms with van der Waals surface area (Å²) in [4.78, 5) is 6.97. The maximum atomic E-state index is 14.2. The van der Waals surface area contributed by atoms with E-state index < -0.39 is 5.67 Å². The Balaban J connectivity index is 2.83. The third-order valence-electron chi connectivity index (χ3n) is 4.29. The van der Waals surface area contributed by atoms with E-state index in [2.05, 4.69) is 36.7 Å². The van der Waals surface area contributed by atoms with Crippen molar-refractivity contribution in [3.63, 3.8) is 0 Å². The van der Waals surface area contributed by atoms with Crippen LogP contribution in [-0.4, -0.2) is 29.9 Å². The fraction of sp³-hybridized carbons (Fsp3) is 0.737. The SMILES string of the molecule is CCCN(CCC(C)CC)C1=C/CCC=C(C(C)(C)F)/C=N\1. The monoisotopic (exact) mass is 308 g/mol. The van der Waals surface area contributed by atoms with Crippen molar-refractivity contribution in [3.8, 4) is 0 Å². The average Bonchev–Trinajstić information content (AvgIpc) is 2.42. The number of aliphatic imine (C=N–C) groups is 1. The molecule has 22 heavy (non-hydrogen) atoms. The van der Waals surface area contributed by atoms with Crippen LogP contribution in [-0.2, 0) is 0 Å². The standard InChI is InChI=1S/C19H33FN2/c1-6-13-22(14-12-16(3)7-2)18-11-9-8-10-17(15-21-18)19(4,5)20/h10-11,15-16H,6-9,12-14H2,1-5H3/b17-10?,18-11+,21-15-. The predicted molar refractivity (Wildman–Crippen MR) is 95.0 cm³/mol. The molecular formula is C19H33FN2. The molecule has 0 aliphatic carbocycles. The van der Waals surface area contributed by atoms with Gasteiger partial charge >= 0.3 is 0 Å². The van der Waals surface area contributed by atoms with E-state index in [-0.39, 0.29) is 0 Å². The minimum Gasteiger partial charge on any atom is -0.357 e. The van der Waals surface area contributed by atoms with Crippen LogP contribution in [0.1, 0.15) is 66.7 Å². The fourth-order valence-electron chi connectivity index (χ4n) is 2.49. The Morgan fingerprint density at radius 2 is 1.91 bits per heavy atom. The molecule has 2 nitrogen and oxygen atoms in total. The van der Waals surface area contributed by atoms with Gasteiger partial charge in [-0.1, -0.05) is 33.3 Å². The van der Waals surface area contributed by atoms with Gasteiger partial charge in [-0.3, -0.25) is 0 Å². The van der Waals surface area contributed by atoms with E-state index in [9.17, 15) is 4.39 Å². The molecular weight excluding hydrogens is 275 g/mol. The normalized spacial score (nSPS) is 21.2. The second-order valence-corrected chi connectivity index (χ2v) is 6.82. The van der Waals surface area contributed by atoms with Crippen LogP contribution in [0, 0.1) is 5.92 Å². The van der Waals surface area contributed by atoms with Gasteiger partial charge in [-0.25, -0.2) is 9.38 Å². The summed E-state index contributed by atoms with van der Waals surface area (Å²) < 4.78 is 14.2. The van der Waals surface area contributed by atoms with E-state index >= 15 is 0 Å². The fourth-order valence-corrected chi connectivity index (χ4v) is 2.49. The van der Waals surface area contributed by atoms with Crippen LogP contribution in [0.5, 0.6) is 0 Å². The second-order valence-electron chi connectivity index (χ2n) is 6.82. The van der Waals surface area contributed by atoms with Gasteiger partial charge < -0.3 is 4.90 Å². The number of hydrogen-bond acceptors (Lipinski definition) is 2. The van der Waals surface area contributed by atoms with Crippen molar-refractivity contribution in [2.24, 2.45) is 10.9 Å². The van der Waals surface area contributed by atoms with E-state index in [4.69, 9.17) is 0 Å². The van der Waals surface area contributed by atoms with Gasteiger partial charge in [0.25, 0.3) is 0 Å². The zero-order valence-corrected chi connectivity index (χ0v) is 15.0. The first-order valence-corrected chi connectivity index (χ1v) is 8.77. The lowest BCUT2D eigenvalue weighted by Gasteiger charge is -2.27. The summed E-state index contributed by atoms with van der Waals surface area (Å²) in [6.07, 6.45) is 11.2. The van der Waals surface area contributed by atoms with Gasteiger partial charge in [0.05, 0.1) is 0 Å². The van der Waals surface area contributed by atoms with E-state index in [0.29, 0.717) is 5.57 Å². The van der Waals surface area contributed by atoms with Gasteiger partial charge in [-0.05, 0) is 51.5 Å². The molecule has 0 aromatic rings. The first-order valence-electron chi connectivity index (χ1n) is 8.77. The summed E-state index contributed by atoms with van der Waals surface area (Å²) in [6, 6.07) is 0. The van der Waals surface area contributed by atoms with Crippen molar-refractivity contribution < 1.29 is 4.39 Å². The molecule has 0 saturated carbocycles. The van der Waals surface area contributed by atoms with Crippen LogP contribution >= 0.6 is 0 Å². The van der Waals surface area contributed by atoms with Crippen LogP contribution < -0.4 is 0 Å². The lowest BCUT2D eigenvalue weighted by Crippen LogP contribution is -2.26. The molecule has 0 N–H and O–H groups in total. The molecule has 1 unspecified atom stereocenters. The highest BCUT2D eigenvalue weighted by molar-refractivity contribution is 5.81. The van der Waals surface area contributed by atoms with Gasteiger partial charge in [-0.2, -0.15) is 0 Å². The largest absolute Gasteiger partial charge is 0.357 e. The van der Waals surface area contributed by atoms with Crippen LogP contribution in [0.2, 0.25) is 0 Å². The third kappa shape index (κ3) is 6.33. The first kappa shape index (κ1) is 18.9. The Kier molecular flexibility index (Phi) is 7.84. The number of alkyl halides is 1. The molecule has 0 saturated heterocycles. The van der Waals surface area contributed by atoms with E-state index in [1.165, 1.54) is 12.8 Å². The van der Waals surface area contributed by atoms with Gasteiger partial charge in [0.1, 0.15) is 11.5 Å². The molecule has 0 aromatic heterocycles. The zero-order chi connectivity index (χ0) is 16.6. The number of rotatable bonds is 8. The molecule has 0 spiro atoms. The number of allylic oxidation sites excluding steroid dienone is 3. The quantitative estimate of drug-likeness (QED) is 0.577. The highest BCUT2D eigenvalue weighted by Gasteiger charge is 2.21. The van der Waals surface area contributed by atoms with Crippen molar-refractivity contribution in [3.05, 3.63) is 23.5 Å². The summed E-state index contributed by atoms with van der Waals surface area (Å²) in [7, 11) is 0. The first-order chi connectivity index (χ1) is 10.4.